The average Bonchev–Trinajstić information content (AvgIpc) is 2.21. The summed E-state index contributed by atoms with van der Waals surface area (Å²) in [6.45, 7) is 6.41. The van der Waals surface area contributed by atoms with E-state index in [2.05, 4.69) is 20.8 Å². The Morgan fingerprint density at radius 3 is 1.07 bits per heavy atom. The molecule has 0 aromatic rings. The van der Waals surface area contributed by atoms with E-state index in [1.807, 2.05) is 0 Å². The second kappa shape index (κ2) is 8.31. The lowest BCUT2D eigenvalue weighted by Crippen LogP contribution is -2.30. The van der Waals surface area contributed by atoms with E-state index < -0.39 is 9.28 Å². The SMILES string of the molecule is C1CCCCC1.CO[SiH](OC)C(C)(C)C. The summed E-state index contributed by atoms with van der Waals surface area (Å²) < 4.78 is 10.4. The van der Waals surface area contributed by atoms with E-state index in [9.17, 15) is 0 Å². The smallest absolute Gasteiger partial charge is 0.326 e. The van der Waals surface area contributed by atoms with Crippen LogP contribution in [0.25, 0.3) is 0 Å². The van der Waals surface area contributed by atoms with Gasteiger partial charge in [-0.3, -0.25) is 0 Å². The molecule has 0 bridgehead atoms. The van der Waals surface area contributed by atoms with Crippen LogP contribution in [0.4, 0.5) is 0 Å². The fourth-order valence-electron chi connectivity index (χ4n) is 1.86. The summed E-state index contributed by atoms with van der Waals surface area (Å²) in [6.07, 6.45) is 9.00. The molecule has 1 aliphatic rings. The zero-order chi connectivity index (χ0) is 11.7. The largest absolute Gasteiger partial charge is 0.400 e. The molecular weight excluding hydrogens is 204 g/mol. The summed E-state index contributed by atoms with van der Waals surface area (Å²) >= 11 is 0. The normalized spacial score (nSPS) is 17.2. The Balaban J connectivity index is 0.000000280. The highest BCUT2D eigenvalue weighted by atomic mass is 28.3. The predicted molar refractivity (Wildman–Crippen MR) is 68.6 cm³/mol. The zero-order valence-electron chi connectivity index (χ0n) is 11.1. The molecule has 15 heavy (non-hydrogen) atoms. The van der Waals surface area contributed by atoms with E-state index >= 15 is 0 Å². The highest BCUT2D eigenvalue weighted by Crippen LogP contribution is 2.26. The Labute approximate surface area is 97.2 Å². The van der Waals surface area contributed by atoms with E-state index in [0.717, 1.165) is 0 Å². The maximum Gasteiger partial charge on any atom is 0.326 e. The van der Waals surface area contributed by atoms with Crippen molar-refractivity contribution in [1.29, 1.82) is 0 Å². The molecule has 1 saturated carbocycles. The Morgan fingerprint density at radius 2 is 1.00 bits per heavy atom. The van der Waals surface area contributed by atoms with Gasteiger partial charge in [0.1, 0.15) is 0 Å². The third kappa shape index (κ3) is 8.00. The molecule has 2 nitrogen and oxygen atoms in total. The zero-order valence-corrected chi connectivity index (χ0v) is 12.3. The van der Waals surface area contributed by atoms with Crippen LogP contribution in [0.2, 0.25) is 5.04 Å². The maximum absolute atomic E-state index is 5.18. The van der Waals surface area contributed by atoms with Gasteiger partial charge in [0.15, 0.2) is 0 Å². The van der Waals surface area contributed by atoms with E-state index in [4.69, 9.17) is 8.85 Å². The number of hydrogen-bond donors (Lipinski definition) is 0. The van der Waals surface area contributed by atoms with Crippen LogP contribution in [0, 0.1) is 0 Å². The molecule has 0 amide bonds. The third-order valence-corrected chi connectivity index (χ3v) is 4.91. The average molecular weight is 232 g/mol. The van der Waals surface area contributed by atoms with Crippen LogP contribution in [-0.4, -0.2) is 23.5 Å². The third-order valence-electron chi connectivity index (χ3n) is 2.64. The van der Waals surface area contributed by atoms with Crippen LogP contribution in [0.5, 0.6) is 0 Å². The van der Waals surface area contributed by atoms with Gasteiger partial charge in [-0.2, -0.15) is 0 Å². The van der Waals surface area contributed by atoms with Crippen molar-refractivity contribution in [2.75, 3.05) is 14.2 Å². The summed E-state index contributed by atoms with van der Waals surface area (Å²) in [5.41, 5.74) is 0. The van der Waals surface area contributed by atoms with Crippen LogP contribution in [0.1, 0.15) is 59.3 Å². The molecule has 1 fully saturated rings. The maximum atomic E-state index is 5.18. The molecular formula is C12H28O2Si. The second-order valence-electron chi connectivity index (χ2n) is 5.29. The van der Waals surface area contributed by atoms with Gasteiger partial charge in [-0.1, -0.05) is 59.3 Å². The van der Waals surface area contributed by atoms with Crippen molar-refractivity contribution >= 4 is 9.28 Å². The lowest BCUT2D eigenvalue weighted by molar-refractivity contribution is 0.251. The van der Waals surface area contributed by atoms with Gasteiger partial charge in [-0.15, -0.1) is 0 Å². The van der Waals surface area contributed by atoms with Crippen LogP contribution in [0.15, 0.2) is 0 Å². The fourth-order valence-corrected chi connectivity index (χ4v) is 3.47. The van der Waals surface area contributed by atoms with E-state index in [1.54, 1.807) is 14.2 Å². The lowest BCUT2D eigenvalue weighted by atomic mass is 10.0. The summed E-state index contributed by atoms with van der Waals surface area (Å²) in [5.74, 6) is 0. The van der Waals surface area contributed by atoms with E-state index in [1.165, 1.54) is 38.5 Å². The van der Waals surface area contributed by atoms with Crippen LogP contribution < -0.4 is 0 Å². The van der Waals surface area contributed by atoms with Crippen LogP contribution in [0.3, 0.4) is 0 Å². The molecule has 0 heterocycles. The monoisotopic (exact) mass is 232 g/mol. The Bertz CT molecular complexity index is 124. The van der Waals surface area contributed by atoms with Gasteiger partial charge in [0, 0.05) is 19.3 Å². The summed E-state index contributed by atoms with van der Waals surface area (Å²) in [6, 6.07) is 0. The Hall–Kier alpha value is 0.137. The molecule has 0 radical (unpaired) electrons. The van der Waals surface area contributed by atoms with Crippen molar-refractivity contribution in [3.63, 3.8) is 0 Å². The van der Waals surface area contributed by atoms with Crippen LogP contribution in [-0.2, 0) is 8.85 Å². The quantitative estimate of drug-likeness (QED) is 0.677. The first-order valence-corrected chi connectivity index (χ1v) is 7.60. The van der Waals surface area contributed by atoms with Gasteiger partial charge in [0.05, 0.1) is 0 Å². The topological polar surface area (TPSA) is 18.5 Å². The molecule has 0 spiro atoms. The summed E-state index contributed by atoms with van der Waals surface area (Å²) in [7, 11) is 2.05. The van der Waals surface area contributed by atoms with Crippen molar-refractivity contribution in [3.8, 4) is 0 Å². The first kappa shape index (κ1) is 15.1. The molecule has 0 aromatic heterocycles. The van der Waals surface area contributed by atoms with Crippen molar-refractivity contribution in [2.45, 2.75) is 64.3 Å². The van der Waals surface area contributed by atoms with Crippen molar-refractivity contribution in [3.05, 3.63) is 0 Å². The standard InChI is InChI=1S/C6H16O2Si.C6H12/c1-6(2,3)9(7-4)8-5;1-2-4-6-5-3-1/h9H,1-5H3;1-6H2. The molecule has 3 heteroatoms. The fraction of sp³-hybridized carbons (Fsp3) is 1.00. The van der Waals surface area contributed by atoms with Gasteiger partial charge in [0.25, 0.3) is 0 Å². The molecule has 0 N–H and O–H groups in total. The first-order valence-electron chi connectivity index (χ1n) is 6.08. The van der Waals surface area contributed by atoms with Crippen molar-refractivity contribution in [1.82, 2.24) is 0 Å². The number of rotatable bonds is 2. The molecule has 0 aromatic carbocycles. The summed E-state index contributed by atoms with van der Waals surface area (Å²) in [4.78, 5) is 0. The minimum Gasteiger partial charge on any atom is -0.400 e. The highest BCUT2D eigenvalue weighted by Gasteiger charge is 2.27. The molecule has 1 aliphatic carbocycles. The minimum absolute atomic E-state index is 0.212. The van der Waals surface area contributed by atoms with Gasteiger partial charge >= 0.3 is 9.28 Å². The van der Waals surface area contributed by atoms with E-state index in [-0.39, 0.29) is 5.04 Å². The Kier molecular flexibility index (Phi) is 8.38. The van der Waals surface area contributed by atoms with Gasteiger partial charge < -0.3 is 8.85 Å². The second-order valence-corrected chi connectivity index (χ2v) is 8.63. The van der Waals surface area contributed by atoms with Crippen LogP contribution >= 0.6 is 0 Å². The van der Waals surface area contributed by atoms with Crippen molar-refractivity contribution < 1.29 is 8.85 Å². The first-order chi connectivity index (χ1) is 7.02. The van der Waals surface area contributed by atoms with Gasteiger partial charge in [0.2, 0.25) is 0 Å². The number of hydrogen-bond acceptors (Lipinski definition) is 2. The molecule has 0 atom stereocenters. The molecule has 0 unspecified atom stereocenters. The highest BCUT2D eigenvalue weighted by molar-refractivity contribution is 6.48. The minimum atomic E-state index is -1.38. The Morgan fingerprint density at radius 1 is 0.733 bits per heavy atom. The molecule has 0 aliphatic heterocycles. The lowest BCUT2D eigenvalue weighted by Gasteiger charge is -2.24. The van der Waals surface area contributed by atoms with Crippen molar-refractivity contribution in [2.24, 2.45) is 0 Å². The molecule has 0 saturated heterocycles. The van der Waals surface area contributed by atoms with Gasteiger partial charge in [-0.25, -0.2) is 0 Å². The molecule has 92 valence electrons. The predicted octanol–water partition coefficient (Wildman–Crippen LogP) is 3.64. The van der Waals surface area contributed by atoms with E-state index in [0.29, 0.717) is 0 Å². The van der Waals surface area contributed by atoms with Gasteiger partial charge in [-0.05, 0) is 0 Å². The summed E-state index contributed by atoms with van der Waals surface area (Å²) in [5, 5.41) is 0.212. The molecule has 1 rings (SSSR count).